The standard InChI is InChI=1S/C5H13F3NO3PS/c1-11-13(10,12-2)9-4-3-5-14(6,7)8/h3-5H2,1-2H3,(H,9,10). The molecule has 0 atom stereocenters. The van der Waals surface area contributed by atoms with Gasteiger partial charge in [-0.2, -0.15) is 0 Å². The molecule has 0 radical (unpaired) electrons. The van der Waals surface area contributed by atoms with E-state index in [0.29, 0.717) is 0 Å². The van der Waals surface area contributed by atoms with Crippen molar-refractivity contribution in [2.24, 2.45) is 0 Å². The number of rotatable bonds is 7. The summed E-state index contributed by atoms with van der Waals surface area (Å²) in [7, 11) is -1.05. The zero-order valence-corrected chi connectivity index (χ0v) is 9.55. The molecule has 4 nitrogen and oxygen atoms in total. The van der Waals surface area contributed by atoms with Crippen LogP contribution >= 0.6 is 18.9 Å². The molecule has 14 heavy (non-hydrogen) atoms. The third-order valence-electron chi connectivity index (χ3n) is 1.34. The topological polar surface area (TPSA) is 47.6 Å². The first-order chi connectivity index (χ1) is 6.33. The van der Waals surface area contributed by atoms with E-state index in [-0.39, 0.29) is 13.0 Å². The summed E-state index contributed by atoms with van der Waals surface area (Å²) in [5.41, 5.74) is 0. The molecule has 0 aliphatic carbocycles. The number of halogens is 3. The molecule has 0 saturated heterocycles. The van der Waals surface area contributed by atoms with Crippen molar-refractivity contribution >= 4 is 18.9 Å². The minimum absolute atomic E-state index is 0.0501. The first-order valence-electron chi connectivity index (χ1n) is 3.69. The van der Waals surface area contributed by atoms with Gasteiger partial charge in [-0.05, 0) is 6.42 Å². The lowest BCUT2D eigenvalue weighted by molar-refractivity contribution is 0.264. The average Bonchev–Trinajstić information content (AvgIpc) is 2.11. The van der Waals surface area contributed by atoms with Crippen LogP contribution in [0.5, 0.6) is 0 Å². The first kappa shape index (κ1) is 14.2. The second kappa shape index (κ2) is 5.97. The number of nitrogens with one attached hydrogen (secondary N) is 1. The largest absolute Gasteiger partial charge is 0.404 e. The highest BCUT2D eigenvalue weighted by atomic mass is 32.3. The van der Waals surface area contributed by atoms with E-state index < -0.39 is 24.7 Å². The summed E-state index contributed by atoms with van der Waals surface area (Å²) in [6.07, 6.45) is -0.129. The molecule has 0 unspecified atom stereocenters. The first-order valence-corrected chi connectivity index (χ1v) is 6.74. The van der Waals surface area contributed by atoms with Crippen LogP contribution in [-0.2, 0) is 13.6 Å². The Bertz CT molecular complexity index is 205. The maximum Gasteiger partial charge on any atom is 0.404 e. The van der Waals surface area contributed by atoms with Crippen LogP contribution in [0.15, 0.2) is 0 Å². The second-order valence-electron chi connectivity index (χ2n) is 2.33. The molecule has 0 heterocycles. The van der Waals surface area contributed by atoms with Gasteiger partial charge in [0.1, 0.15) is 0 Å². The highest BCUT2D eigenvalue weighted by Crippen LogP contribution is 2.53. The molecule has 0 spiro atoms. The van der Waals surface area contributed by atoms with E-state index in [2.05, 4.69) is 14.1 Å². The summed E-state index contributed by atoms with van der Waals surface area (Å²) in [6.45, 7) is -0.0501. The van der Waals surface area contributed by atoms with Gasteiger partial charge in [0.15, 0.2) is 0 Å². The average molecular weight is 255 g/mol. The van der Waals surface area contributed by atoms with Crippen molar-refractivity contribution in [1.82, 2.24) is 5.09 Å². The molecule has 9 heteroatoms. The molecule has 1 N–H and O–H groups in total. The van der Waals surface area contributed by atoms with Crippen molar-refractivity contribution in [3.05, 3.63) is 0 Å². The molecule has 0 fully saturated rings. The Balaban J connectivity index is 3.69. The van der Waals surface area contributed by atoms with Gasteiger partial charge >= 0.3 is 7.75 Å². The SMILES string of the molecule is COP(=O)(NCCCS(F)(F)F)OC. The summed E-state index contributed by atoms with van der Waals surface area (Å²) < 4.78 is 55.5. The van der Waals surface area contributed by atoms with Crippen LogP contribution in [0.1, 0.15) is 6.42 Å². The summed E-state index contributed by atoms with van der Waals surface area (Å²) in [5, 5.41) is 2.29. The summed E-state index contributed by atoms with van der Waals surface area (Å²) >= 11 is -4.97. The van der Waals surface area contributed by atoms with Crippen LogP contribution < -0.4 is 5.09 Å². The van der Waals surface area contributed by atoms with E-state index in [4.69, 9.17) is 0 Å². The normalized spacial score (nSPS) is 14.4. The van der Waals surface area contributed by atoms with Crippen LogP contribution in [0.2, 0.25) is 0 Å². The maximum absolute atomic E-state index is 11.8. The molecule has 0 rings (SSSR count). The van der Waals surface area contributed by atoms with E-state index in [0.717, 1.165) is 14.2 Å². The molecule has 88 valence electrons. The lowest BCUT2D eigenvalue weighted by atomic mass is 10.5. The van der Waals surface area contributed by atoms with Gasteiger partial charge in [0.2, 0.25) is 11.2 Å². The van der Waals surface area contributed by atoms with Gasteiger partial charge in [0.25, 0.3) is 0 Å². The Morgan fingerprint density at radius 1 is 1.29 bits per heavy atom. The van der Waals surface area contributed by atoms with Crippen molar-refractivity contribution in [3.63, 3.8) is 0 Å². The van der Waals surface area contributed by atoms with Crippen LogP contribution in [0, 0.1) is 0 Å². The van der Waals surface area contributed by atoms with Crippen LogP contribution in [0.3, 0.4) is 0 Å². The van der Waals surface area contributed by atoms with Crippen molar-refractivity contribution in [2.75, 3.05) is 26.5 Å². The number of hydrogen-bond acceptors (Lipinski definition) is 3. The highest BCUT2D eigenvalue weighted by Gasteiger charge is 2.22. The van der Waals surface area contributed by atoms with Gasteiger partial charge in [-0.15, -0.1) is 11.7 Å². The summed E-state index contributed by atoms with van der Waals surface area (Å²) in [5.74, 6) is -0.840. The smallest absolute Gasteiger partial charge is 0.300 e. The fourth-order valence-corrected chi connectivity index (χ4v) is 1.97. The molecular weight excluding hydrogens is 242 g/mol. The molecule has 0 aromatic carbocycles. The lowest BCUT2D eigenvalue weighted by Crippen LogP contribution is -2.15. The quantitative estimate of drug-likeness (QED) is 0.561. The van der Waals surface area contributed by atoms with Crippen molar-refractivity contribution in [2.45, 2.75) is 6.42 Å². The minimum atomic E-state index is -4.97. The third kappa shape index (κ3) is 6.67. The summed E-state index contributed by atoms with van der Waals surface area (Å²) in [6, 6.07) is 0. The van der Waals surface area contributed by atoms with E-state index in [1.807, 2.05) is 0 Å². The zero-order valence-electron chi connectivity index (χ0n) is 7.84. The van der Waals surface area contributed by atoms with Gasteiger partial charge in [-0.25, -0.2) is 9.65 Å². The van der Waals surface area contributed by atoms with Gasteiger partial charge < -0.3 is 9.05 Å². The molecule has 0 aliphatic heterocycles. The van der Waals surface area contributed by atoms with Crippen LogP contribution in [0.25, 0.3) is 0 Å². The zero-order chi connectivity index (χ0) is 11.2. The Labute approximate surface area is 82.9 Å². The Hall–Kier alpha value is 0.250. The van der Waals surface area contributed by atoms with Gasteiger partial charge in [0.05, 0.1) is 5.75 Å². The Morgan fingerprint density at radius 3 is 2.14 bits per heavy atom. The van der Waals surface area contributed by atoms with Crippen molar-refractivity contribution in [3.8, 4) is 0 Å². The molecule has 0 bridgehead atoms. The van der Waals surface area contributed by atoms with Crippen molar-refractivity contribution < 1.29 is 25.3 Å². The molecule has 0 aliphatic rings. The fourth-order valence-electron chi connectivity index (χ4n) is 0.655. The number of hydrogen-bond donors (Lipinski definition) is 1. The van der Waals surface area contributed by atoms with Crippen molar-refractivity contribution in [1.29, 1.82) is 0 Å². The van der Waals surface area contributed by atoms with E-state index in [1.165, 1.54) is 0 Å². The predicted molar refractivity (Wildman–Crippen MR) is 50.0 cm³/mol. The van der Waals surface area contributed by atoms with E-state index >= 15 is 0 Å². The van der Waals surface area contributed by atoms with Gasteiger partial charge in [-0.3, -0.25) is 0 Å². The van der Waals surface area contributed by atoms with Gasteiger partial charge in [0, 0.05) is 20.8 Å². The Morgan fingerprint density at radius 2 is 1.79 bits per heavy atom. The molecular formula is C5H13F3NO3PS. The monoisotopic (exact) mass is 255 g/mol. The van der Waals surface area contributed by atoms with E-state index in [1.54, 1.807) is 0 Å². The maximum atomic E-state index is 11.8. The lowest BCUT2D eigenvalue weighted by Gasteiger charge is -2.15. The molecule has 0 amide bonds. The third-order valence-corrected chi connectivity index (χ3v) is 3.66. The van der Waals surface area contributed by atoms with Crippen LogP contribution in [-0.4, -0.2) is 26.5 Å². The highest BCUT2D eigenvalue weighted by molar-refractivity contribution is 8.20. The fraction of sp³-hybridized carbons (Fsp3) is 1.00. The van der Waals surface area contributed by atoms with E-state index in [9.17, 15) is 16.2 Å². The molecule has 0 aromatic rings. The molecule has 0 aromatic heterocycles. The van der Waals surface area contributed by atoms with Crippen LogP contribution in [0.4, 0.5) is 11.7 Å². The second-order valence-corrected chi connectivity index (χ2v) is 5.78. The molecule has 0 saturated carbocycles. The predicted octanol–water partition coefficient (Wildman–Crippen LogP) is 2.83. The summed E-state index contributed by atoms with van der Waals surface area (Å²) in [4.78, 5) is 0. The Kier molecular flexibility index (Phi) is 6.08. The minimum Gasteiger partial charge on any atom is -0.300 e. The van der Waals surface area contributed by atoms with Gasteiger partial charge in [-0.1, -0.05) is 0 Å².